The van der Waals surface area contributed by atoms with Crippen LogP contribution in [0.3, 0.4) is 0 Å². The van der Waals surface area contributed by atoms with E-state index < -0.39 is 0 Å². The number of ether oxygens (including phenoxy) is 2. The van der Waals surface area contributed by atoms with E-state index >= 15 is 0 Å². The Kier molecular flexibility index (Phi) is 6.65. The molecule has 1 aromatic rings. The second kappa shape index (κ2) is 9.17. The third-order valence-electron chi connectivity index (χ3n) is 5.58. The number of nitrogens with one attached hydrogen (secondary N) is 2. The minimum absolute atomic E-state index is 0.0476. The molecule has 154 valence electrons. The van der Waals surface area contributed by atoms with Crippen LogP contribution < -0.4 is 20.1 Å². The van der Waals surface area contributed by atoms with E-state index in [0.717, 1.165) is 12.1 Å². The summed E-state index contributed by atoms with van der Waals surface area (Å²) in [7, 11) is 3.22. The summed E-state index contributed by atoms with van der Waals surface area (Å²) in [5, 5.41) is 5.93. The van der Waals surface area contributed by atoms with Gasteiger partial charge in [-0.2, -0.15) is 0 Å². The van der Waals surface area contributed by atoms with E-state index in [-0.39, 0.29) is 23.8 Å². The van der Waals surface area contributed by atoms with Crippen LogP contribution in [0.2, 0.25) is 0 Å². The van der Waals surface area contributed by atoms with Crippen LogP contribution in [0.25, 0.3) is 0 Å². The Bertz CT molecular complexity index is 705. The molecule has 0 bridgehead atoms. The molecule has 7 nitrogen and oxygen atoms in total. The molecule has 1 saturated carbocycles. The number of carbonyl (C=O) groups is 2. The molecule has 2 atom stereocenters. The molecule has 2 aliphatic rings. The van der Waals surface area contributed by atoms with Crippen molar-refractivity contribution in [3.63, 3.8) is 0 Å². The predicted molar refractivity (Wildman–Crippen MR) is 107 cm³/mol. The Morgan fingerprint density at radius 1 is 1.11 bits per heavy atom. The highest BCUT2D eigenvalue weighted by molar-refractivity contribution is 5.81. The number of likely N-dealkylation sites (tertiary alicyclic amines) is 1. The van der Waals surface area contributed by atoms with E-state index in [9.17, 15) is 9.59 Å². The van der Waals surface area contributed by atoms with Crippen LogP contribution in [0.1, 0.15) is 37.7 Å². The summed E-state index contributed by atoms with van der Waals surface area (Å²) in [4.78, 5) is 27.0. The Labute approximate surface area is 166 Å². The summed E-state index contributed by atoms with van der Waals surface area (Å²) in [5.74, 6) is 1.85. The fourth-order valence-corrected chi connectivity index (χ4v) is 3.78. The van der Waals surface area contributed by atoms with Gasteiger partial charge in [-0.3, -0.25) is 4.79 Å². The lowest BCUT2D eigenvalue weighted by molar-refractivity contribution is -0.126. The minimum atomic E-state index is -0.215. The van der Waals surface area contributed by atoms with Crippen molar-refractivity contribution < 1.29 is 19.1 Å². The van der Waals surface area contributed by atoms with Gasteiger partial charge >= 0.3 is 6.03 Å². The van der Waals surface area contributed by atoms with E-state index in [4.69, 9.17) is 9.47 Å². The molecule has 0 aromatic heterocycles. The normalized spacial score (nSPS) is 21.8. The minimum Gasteiger partial charge on any atom is -0.493 e. The fourth-order valence-electron chi connectivity index (χ4n) is 3.78. The molecule has 0 radical (unpaired) electrons. The Hall–Kier alpha value is -2.44. The molecule has 0 spiro atoms. The maximum Gasteiger partial charge on any atom is 0.317 e. The molecule has 28 heavy (non-hydrogen) atoms. The number of piperidine rings is 1. The first kappa shape index (κ1) is 20.3. The largest absolute Gasteiger partial charge is 0.493 e. The van der Waals surface area contributed by atoms with E-state index in [2.05, 4.69) is 10.6 Å². The number of amides is 3. The summed E-state index contributed by atoms with van der Waals surface area (Å²) >= 11 is 0. The molecule has 2 fully saturated rings. The van der Waals surface area contributed by atoms with Gasteiger partial charge in [0.1, 0.15) is 0 Å². The van der Waals surface area contributed by atoms with Gasteiger partial charge in [0.25, 0.3) is 0 Å². The summed E-state index contributed by atoms with van der Waals surface area (Å²) in [5.41, 5.74) is 1.05. The monoisotopic (exact) mass is 389 g/mol. The molecule has 3 rings (SSSR count). The summed E-state index contributed by atoms with van der Waals surface area (Å²) < 4.78 is 10.8. The first-order valence-electron chi connectivity index (χ1n) is 10.1. The first-order valence-corrected chi connectivity index (χ1v) is 10.1. The lowest BCUT2D eigenvalue weighted by Crippen LogP contribution is -2.51. The lowest BCUT2D eigenvalue weighted by atomic mass is 9.84. The zero-order chi connectivity index (χ0) is 20.1. The molecule has 2 unspecified atom stereocenters. The Morgan fingerprint density at radius 2 is 1.86 bits per heavy atom. The van der Waals surface area contributed by atoms with Gasteiger partial charge in [0, 0.05) is 32.1 Å². The molecule has 1 heterocycles. The van der Waals surface area contributed by atoms with E-state index in [1.807, 2.05) is 25.1 Å². The molecule has 1 aromatic carbocycles. The number of benzene rings is 1. The zero-order valence-electron chi connectivity index (χ0n) is 17.0. The summed E-state index contributed by atoms with van der Waals surface area (Å²) in [6, 6.07) is 5.70. The van der Waals surface area contributed by atoms with Gasteiger partial charge in [-0.05, 0) is 49.8 Å². The average molecular weight is 389 g/mol. The van der Waals surface area contributed by atoms with Crippen LogP contribution in [-0.2, 0) is 4.79 Å². The number of carbonyl (C=O) groups excluding carboxylic acids is 2. The number of hydrogen-bond acceptors (Lipinski definition) is 4. The quantitative estimate of drug-likeness (QED) is 0.750. The van der Waals surface area contributed by atoms with Crippen molar-refractivity contribution >= 4 is 11.9 Å². The second-order valence-corrected chi connectivity index (χ2v) is 7.67. The van der Waals surface area contributed by atoms with Crippen LogP contribution in [0, 0.1) is 11.8 Å². The van der Waals surface area contributed by atoms with E-state index in [1.54, 1.807) is 19.1 Å². The van der Waals surface area contributed by atoms with E-state index in [1.165, 1.54) is 12.8 Å². The van der Waals surface area contributed by atoms with Gasteiger partial charge in [0.2, 0.25) is 5.91 Å². The lowest BCUT2D eigenvalue weighted by Gasteiger charge is -2.37. The van der Waals surface area contributed by atoms with Crippen LogP contribution in [0.4, 0.5) is 4.79 Å². The number of rotatable bonds is 7. The number of methoxy groups -OCH3 is 2. The van der Waals surface area contributed by atoms with Crippen molar-refractivity contribution in [2.24, 2.45) is 11.8 Å². The SMILES string of the molecule is CCNC(=O)N1CC(C(=O)NCC2CC2)CC(c2ccc(OC)c(OC)c2)C1. The number of hydrogen-bond donors (Lipinski definition) is 2. The van der Waals surface area contributed by atoms with E-state index in [0.29, 0.717) is 43.5 Å². The molecule has 1 aliphatic carbocycles. The maximum absolute atomic E-state index is 12.7. The topological polar surface area (TPSA) is 79.9 Å². The van der Waals surface area contributed by atoms with Gasteiger partial charge in [0.15, 0.2) is 11.5 Å². The molecule has 7 heteroatoms. The standard InChI is InChI=1S/C21H31N3O4/c1-4-22-21(26)24-12-16(15-7-8-18(27-2)19(10-15)28-3)9-17(13-24)20(25)23-11-14-5-6-14/h7-8,10,14,16-17H,4-6,9,11-13H2,1-3H3,(H,22,26)(H,23,25). The van der Waals surface area contributed by atoms with Gasteiger partial charge in [-0.1, -0.05) is 6.07 Å². The second-order valence-electron chi connectivity index (χ2n) is 7.67. The number of urea groups is 1. The Morgan fingerprint density at radius 3 is 2.50 bits per heavy atom. The van der Waals surface area contributed by atoms with Crippen molar-refractivity contribution in [3.05, 3.63) is 23.8 Å². The van der Waals surface area contributed by atoms with Crippen molar-refractivity contribution in [3.8, 4) is 11.5 Å². The zero-order valence-corrected chi connectivity index (χ0v) is 17.0. The van der Waals surface area contributed by atoms with Crippen molar-refractivity contribution in [2.75, 3.05) is 40.4 Å². The first-order chi connectivity index (χ1) is 13.5. The average Bonchev–Trinajstić information content (AvgIpc) is 3.55. The van der Waals surface area contributed by atoms with Gasteiger partial charge in [-0.25, -0.2) is 4.79 Å². The third kappa shape index (κ3) is 4.88. The highest BCUT2D eigenvalue weighted by Gasteiger charge is 2.35. The molecular weight excluding hydrogens is 358 g/mol. The predicted octanol–water partition coefficient (Wildman–Crippen LogP) is 2.36. The highest BCUT2D eigenvalue weighted by atomic mass is 16.5. The van der Waals surface area contributed by atoms with Crippen molar-refractivity contribution in [1.29, 1.82) is 0 Å². The van der Waals surface area contributed by atoms with Gasteiger partial charge < -0.3 is 25.0 Å². The van der Waals surface area contributed by atoms with Crippen molar-refractivity contribution in [2.45, 2.75) is 32.1 Å². The molecular formula is C21H31N3O4. The molecule has 2 N–H and O–H groups in total. The fraction of sp³-hybridized carbons (Fsp3) is 0.619. The van der Waals surface area contributed by atoms with Crippen LogP contribution in [0.15, 0.2) is 18.2 Å². The van der Waals surface area contributed by atoms with Crippen LogP contribution in [0.5, 0.6) is 11.5 Å². The Balaban J connectivity index is 1.77. The maximum atomic E-state index is 12.7. The summed E-state index contributed by atoms with van der Waals surface area (Å²) in [6.07, 6.45) is 3.11. The summed E-state index contributed by atoms with van der Waals surface area (Å²) in [6.45, 7) is 4.24. The van der Waals surface area contributed by atoms with Crippen LogP contribution in [-0.4, -0.2) is 57.2 Å². The number of nitrogens with zero attached hydrogens (tertiary/aromatic N) is 1. The smallest absolute Gasteiger partial charge is 0.317 e. The van der Waals surface area contributed by atoms with Gasteiger partial charge in [0.05, 0.1) is 20.1 Å². The molecule has 3 amide bonds. The molecule has 1 saturated heterocycles. The third-order valence-corrected chi connectivity index (χ3v) is 5.58. The van der Waals surface area contributed by atoms with Crippen molar-refractivity contribution in [1.82, 2.24) is 15.5 Å². The molecule has 1 aliphatic heterocycles. The highest BCUT2D eigenvalue weighted by Crippen LogP contribution is 2.36. The van der Waals surface area contributed by atoms with Crippen LogP contribution >= 0.6 is 0 Å². The van der Waals surface area contributed by atoms with Gasteiger partial charge in [-0.15, -0.1) is 0 Å².